The van der Waals surface area contributed by atoms with Gasteiger partial charge in [-0.25, -0.2) is 0 Å². The summed E-state index contributed by atoms with van der Waals surface area (Å²) in [4.78, 5) is 27.6. The van der Waals surface area contributed by atoms with Gasteiger partial charge in [-0.3, -0.25) is 9.59 Å². The third-order valence-corrected chi connectivity index (χ3v) is 5.35. The van der Waals surface area contributed by atoms with Gasteiger partial charge in [-0.15, -0.1) is 0 Å². The number of amides is 2. The molecule has 0 aliphatic carbocycles. The second-order valence-corrected chi connectivity index (χ2v) is 8.51. The van der Waals surface area contributed by atoms with Crippen LogP contribution in [0.4, 0.5) is 0 Å². The molecule has 6 nitrogen and oxygen atoms in total. The molecule has 0 unspecified atom stereocenters. The first kappa shape index (κ1) is 22.7. The average Bonchev–Trinajstić information content (AvgIpc) is 3.21. The number of ether oxygens (including phenoxy) is 2. The van der Waals surface area contributed by atoms with Crippen molar-refractivity contribution in [1.82, 2.24) is 10.2 Å². The van der Waals surface area contributed by atoms with Crippen molar-refractivity contribution in [3.05, 3.63) is 59.2 Å². The SMILES string of the molecule is Cc1cccc(CN(C(=O)CCc2ccc3c(c2)OCO3)[C@@H](C)C(=O)NCC(C)C)c1. The fraction of sp³-hybridized carbons (Fsp3) is 0.440. The Morgan fingerprint density at radius 3 is 2.55 bits per heavy atom. The molecule has 31 heavy (non-hydrogen) atoms. The highest BCUT2D eigenvalue weighted by Gasteiger charge is 2.26. The molecule has 2 aromatic rings. The fourth-order valence-corrected chi connectivity index (χ4v) is 3.53. The lowest BCUT2D eigenvalue weighted by molar-refractivity contribution is -0.140. The van der Waals surface area contributed by atoms with E-state index in [9.17, 15) is 9.59 Å². The summed E-state index contributed by atoms with van der Waals surface area (Å²) in [7, 11) is 0. The number of hydrogen-bond donors (Lipinski definition) is 1. The van der Waals surface area contributed by atoms with E-state index in [-0.39, 0.29) is 18.6 Å². The number of nitrogens with one attached hydrogen (secondary N) is 1. The minimum Gasteiger partial charge on any atom is -0.454 e. The summed E-state index contributed by atoms with van der Waals surface area (Å²) >= 11 is 0. The van der Waals surface area contributed by atoms with Gasteiger partial charge in [-0.2, -0.15) is 0 Å². The molecule has 1 aliphatic heterocycles. The molecule has 0 spiro atoms. The van der Waals surface area contributed by atoms with Gasteiger partial charge >= 0.3 is 0 Å². The molecule has 6 heteroatoms. The van der Waals surface area contributed by atoms with Crippen molar-refractivity contribution in [2.45, 2.75) is 53.1 Å². The second-order valence-electron chi connectivity index (χ2n) is 8.51. The number of nitrogens with zero attached hydrogens (tertiary/aromatic N) is 1. The van der Waals surface area contributed by atoms with Crippen molar-refractivity contribution in [3.63, 3.8) is 0 Å². The number of benzene rings is 2. The highest BCUT2D eigenvalue weighted by atomic mass is 16.7. The summed E-state index contributed by atoms with van der Waals surface area (Å²) < 4.78 is 10.8. The normalized spacial score (nSPS) is 13.2. The van der Waals surface area contributed by atoms with E-state index in [1.807, 2.05) is 57.2 Å². The lowest BCUT2D eigenvalue weighted by Gasteiger charge is -2.29. The summed E-state index contributed by atoms with van der Waals surface area (Å²) in [6.45, 7) is 9.13. The Morgan fingerprint density at radius 2 is 1.81 bits per heavy atom. The molecule has 2 amide bonds. The molecular formula is C25H32N2O4. The Balaban J connectivity index is 1.70. The second kappa shape index (κ2) is 10.3. The van der Waals surface area contributed by atoms with Crippen LogP contribution in [0.15, 0.2) is 42.5 Å². The molecule has 0 bridgehead atoms. The first-order chi connectivity index (χ1) is 14.8. The Hall–Kier alpha value is -3.02. The summed E-state index contributed by atoms with van der Waals surface area (Å²) in [5, 5.41) is 2.95. The van der Waals surface area contributed by atoms with E-state index in [1.54, 1.807) is 11.8 Å². The number of aryl methyl sites for hydroxylation is 2. The van der Waals surface area contributed by atoms with E-state index >= 15 is 0 Å². The topological polar surface area (TPSA) is 67.9 Å². The van der Waals surface area contributed by atoms with Gasteiger partial charge in [0.1, 0.15) is 6.04 Å². The number of rotatable bonds is 9. The third kappa shape index (κ3) is 6.23. The maximum atomic E-state index is 13.2. The maximum absolute atomic E-state index is 13.2. The summed E-state index contributed by atoms with van der Waals surface area (Å²) in [6.07, 6.45) is 0.882. The van der Waals surface area contributed by atoms with Crippen LogP contribution in [-0.2, 0) is 22.6 Å². The smallest absolute Gasteiger partial charge is 0.242 e. The Morgan fingerprint density at radius 1 is 1.03 bits per heavy atom. The van der Waals surface area contributed by atoms with Gasteiger partial charge in [0.05, 0.1) is 0 Å². The first-order valence-electron chi connectivity index (χ1n) is 10.8. The Kier molecular flexibility index (Phi) is 7.55. The van der Waals surface area contributed by atoms with Crippen LogP contribution >= 0.6 is 0 Å². The van der Waals surface area contributed by atoms with Gasteiger partial charge in [0.15, 0.2) is 11.5 Å². The van der Waals surface area contributed by atoms with Gasteiger partial charge in [0.25, 0.3) is 0 Å². The number of fused-ring (bicyclic) bond motifs is 1. The number of carbonyl (C=O) groups excluding carboxylic acids is 2. The van der Waals surface area contributed by atoms with Crippen LogP contribution < -0.4 is 14.8 Å². The Labute approximate surface area is 184 Å². The molecule has 0 radical (unpaired) electrons. The quantitative estimate of drug-likeness (QED) is 0.664. The van der Waals surface area contributed by atoms with E-state index in [2.05, 4.69) is 11.4 Å². The Bertz CT molecular complexity index is 925. The monoisotopic (exact) mass is 424 g/mol. The zero-order valence-electron chi connectivity index (χ0n) is 18.8. The van der Waals surface area contributed by atoms with Crippen LogP contribution in [0, 0.1) is 12.8 Å². The van der Waals surface area contributed by atoms with E-state index in [1.165, 1.54) is 0 Å². The molecule has 0 saturated heterocycles. The molecule has 3 rings (SSSR count). The molecule has 1 heterocycles. The molecule has 0 saturated carbocycles. The predicted octanol–water partition coefficient (Wildman–Crippen LogP) is 3.85. The number of hydrogen-bond acceptors (Lipinski definition) is 4. The van der Waals surface area contributed by atoms with Crippen LogP contribution in [0.3, 0.4) is 0 Å². The minimum atomic E-state index is -0.552. The molecule has 0 fully saturated rings. The molecule has 2 aromatic carbocycles. The summed E-state index contributed by atoms with van der Waals surface area (Å²) in [5.41, 5.74) is 3.15. The summed E-state index contributed by atoms with van der Waals surface area (Å²) in [6, 6.07) is 13.2. The zero-order valence-corrected chi connectivity index (χ0v) is 18.8. The first-order valence-corrected chi connectivity index (χ1v) is 10.8. The van der Waals surface area contributed by atoms with Crippen LogP contribution in [0.2, 0.25) is 0 Å². The van der Waals surface area contributed by atoms with Crippen molar-refractivity contribution in [2.24, 2.45) is 5.92 Å². The minimum absolute atomic E-state index is 0.0497. The van der Waals surface area contributed by atoms with Gasteiger partial charge in [0.2, 0.25) is 18.6 Å². The molecule has 1 N–H and O–H groups in total. The third-order valence-electron chi connectivity index (χ3n) is 5.35. The lowest BCUT2D eigenvalue weighted by Crippen LogP contribution is -2.48. The van der Waals surface area contributed by atoms with Crippen molar-refractivity contribution in [3.8, 4) is 11.5 Å². The van der Waals surface area contributed by atoms with Crippen molar-refractivity contribution < 1.29 is 19.1 Å². The van der Waals surface area contributed by atoms with E-state index in [4.69, 9.17) is 9.47 Å². The lowest BCUT2D eigenvalue weighted by atomic mass is 10.1. The largest absolute Gasteiger partial charge is 0.454 e. The standard InChI is InChI=1S/C25H32N2O4/c1-17(2)14-26-25(29)19(4)27(15-21-7-5-6-18(3)12-21)24(28)11-9-20-8-10-22-23(13-20)31-16-30-22/h5-8,10,12-13,17,19H,9,11,14-16H2,1-4H3,(H,26,29)/t19-/m0/s1. The van der Waals surface area contributed by atoms with Crippen molar-refractivity contribution >= 4 is 11.8 Å². The average molecular weight is 425 g/mol. The van der Waals surface area contributed by atoms with Crippen molar-refractivity contribution in [1.29, 1.82) is 0 Å². The fourth-order valence-electron chi connectivity index (χ4n) is 3.53. The highest BCUT2D eigenvalue weighted by Crippen LogP contribution is 2.32. The van der Waals surface area contributed by atoms with E-state index < -0.39 is 6.04 Å². The molecule has 166 valence electrons. The predicted molar refractivity (Wildman–Crippen MR) is 120 cm³/mol. The highest BCUT2D eigenvalue weighted by molar-refractivity contribution is 5.87. The van der Waals surface area contributed by atoms with Crippen LogP contribution in [0.5, 0.6) is 11.5 Å². The van der Waals surface area contributed by atoms with Crippen LogP contribution in [0.25, 0.3) is 0 Å². The van der Waals surface area contributed by atoms with E-state index in [0.717, 1.165) is 22.4 Å². The van der Waals surface area contributed by atoms with Gasteiger partial charge < -0.3 is 19.7 Å². The number of carbonyl (C=O) groups is 2. The van der Waals surface area contributed by atoms with Crippen molar-refractivity contribution in [2.75, 3.05) is 13.3 Å². The summed E-state index contributed by atoms with van der Waals surface area (Å²) in [5.74, 6) is 1.61. The van der Waals surface area contributed by atoms with Gasteiger partial charge in [0, 0.05) is 19.5 Å². The maximum Gasteiger partial charge on any atom is 0.242 e. The van der Waals surface area contributed by atoms with Gasteiger partial charge in [-0.1, -0.05) is 49.7 Å². The van der Waals surface area contributed by atoms with Crippen LogP contribution in [0.1, 0.15) is 43.9 Å². The molecular weight excluding hydrogens is 392 g/mol. The zero-order chi connectivity index (χ0) is 22.4. The molecule has 0 aromatic heterocycles. The van der Waals surface area contributed by atoms with E-state index in [0.29, 0.717) is 37.6 Å². The molecule has 1 atom stereocenters. The van der Waals surface area contributed by atoms with Gasteiger partial charge in [-0.05, 0) is 49.4 Å². The van der Waals surface area contributed by atoms with Crippen LogP contribution in [-0.4, -0.2) is 36.1 Å². The molecule has 1 aliphatic rings.